The minimum absolute atomic E-state index is 0.111. The van der Waals surface area contributed by atoms with Gasteiger partial charge in [0.15, 0.2) is 6.29 Å². The van der Waals surface area contributed by atoms with Crippen molar-refractivity contribution in [3.8, 4) is 5.75 Å². The summed E-state index contributed by atoms with van der Waals surface area (Å²) in [6.07, 6.45) is -3.55. The molecule has 0 aromatic heterocycles. The largest absolute Gasteiger partial charge is 0.489 e. The van der Waals surface area contributed by atoms with E-state index in [4.69, 9.17) is 9.47 Å². The molecule has 7 heteroatoms. The van der Waals surface area contributed by atoms with Gasteiger partial charge in [-0.05, 0) is 35.7 Å². The molecule has 0 amide bonds. The molecule has 0 saturated carbocycles. The van der Waals surface area contributed by atoms with E-state index in [0.29, 0.717) is 24.9 Å². The molecule has 1 unspecified atom stereocenters. The molecule has 0 aliphatic carbocycles. The molecule has 2 aromatic rings. The summed E-state index contributed by atoms with van der Waals surface area (Å²) in [5.41, 5.74) is -0.267. The molecular formula is C19H16F4O3. The zero-order valence-corrected chi connectivity index (χ0v) is 13.7. The van der Waals surface area contributed by atoms with Gasteiger partial charge in [0.1, 0.15) is 18.2 Å². The van der Waals surface area contributed by atoms with Crippen molar-refractivity contribution in [3.63, 3.8) is 0 Å². The molecule has 1 aliphatic rings. The molecule has 1 aliphatic heterocycles. The van der Waals surface area contributed by atoms with Gasteiger partial charge in [0.25, 0.3) is 0 Å². The first-order valence-electron chi connectivity index (χ1n) is 8.04. The molecule has 0 spiro atoms. The first kappa shape index (κ1) is 18.4. The number of aldehydes is 1. The van der Waals surface area contributed by atoms with Crippen molar-refractivity contribution in [1.82, 2.24) is 0 Å². The van der Waals surface area contributed by atoms with Crippen molar-refractivity contribution in [2.24, 2.45) is 0 Å². The topological polar surface area (TPSA) is 35.5 Å². The number of rotatable bonds is 5. The molecule has 0 N–H and O–H groups in total. The highest BCUT2D eigenvalue weighted by molar-refractivity contribution is 5.75. The highest BCUT2D eigenvalue weighted by atomic mass is 19.4. The molecule has 138 valence electrons. The van der Waals surface area contributed by atoms with Crippen LogP contribution in [0.5, 0.6) is 5.75 Å². The summed E-state index contributed by atoms with van der Waals surface area (Å²) in [4.78, 5) is 10.6. The molecule has 0 radical (unpaired) electrons. The Hall–Kier alpha value is -2.41. The van der Waals surface area contributed by atoms with E-state index >= 15 is 0 Å². The first-order valence-corrected chi connectivity index (χ1v) is 8.04. The fourth-order valence-electron chi connectivity index (χ4n) is 2.93. The Morgan fingerprint density at radius 1 is 1.19 bits per heavy atom. The average molecular weight is 368 g/mol. The van der Waals surface area contributed by atoms with E-state index in [9.17, 15) is 22.4 Å². The molecule has 2 aromatic carbocycles. The molecule has 3 rings (SSSR count). The maximum Gasteiger partial charge on any atom is 0.416 e. The van der Waals surface area contributed by atoms with Gasteiger partial charge in [0.2, 0.25) is 0 Å². The number of halogens is 4. The Balaban J connectivity index is 1.80. The number of hydrogen-bond donors (Lipinski definition) is 0. The van der Waals surface area contributed by atoms with Crippen molar-refractivity contribution in [1.29, 1.82) is 0 Å². The summed E-state index contributed by atoms with van der Waals surface area (Å²) >= 11 is 0. The predicted molar refractivity (Wildman–Crippen MR) is 85.7 cm³/mol. The van der Waals surface area contributed by atoms with Crippen LogP contribution in [0.15, 0.2) is 36.4 Å². The zero-order chi connectivity index (χ0) is 18.7. The van der Waals surface area contributed by atoms with E-state index in [2.05, 4.69) is 0 Å². The molecule has 3 nitrogen and oxygen atoms in total. The smallest absolute Gasteiger partial charge is 0.416 e. The normalized spacial score (nSPS) is 17.3. The molecule has 1 heterocycles. The Morgan fingerprint density at radius 3 is 2.62 bits per heavy atom. The van der Waals surface area contributed by atoms with Gasteiger partial charge in [0.05, 0.1) is 17.7 Å². The van der Waals surface area contributed by atoms with E-state index in [1.54, 1.807) is 6.07 Å². The fourth-order valence-corrected chi connectivity index (χ4v) is 2.93. The lowest BCUT2D eigenvalue weighted by molar-refractivity contribution is -0.138. The highest BCUT2D eigenvalue weighted by Crippen LogP contribution is 2.38. The summed E-state index contributed by atoms with van der Waals surface area (Å²) in [7, 11) is 0. The van der Waals surface area contributed by atoms with E-state index in [0.717, 1.165) is 12.1 Å². The summed E-state index contributed by atoms with van der Waals surface area (Å²) in [6, 6.07) is 7.75. The summed E-state index contributed by atoms with van der Waals surface area (Å²) in [6.45, 7) is 0.584. The second kappa shape index (κ2) is 7.45. The minimum Gasteiger partial charge on any atom is -0.489 e. The lowest BCUT2D eigenvalue weighted by Gasteiger charge is -2.18. The second-order valence-corrected chi connectivity index (χ2v) is 6.07. The van der Waals surface area contributed by atoms with Gasteiger partial charge in [-0.25, -0.2) is 4.39 Å². The van der Waals surface area contributed by atoms with Crippen LogP contribution in [0.25, 0.3) is 0 Å². The van der Waals surface area contributed by atoms with Crippen molar-refractivity contribution in [2.45, 2.75) is 25.1 Å². The Kier molecular flexibility index (Phi) is 5.27. The van der Waals surface area contributed by atoms with Crippen LogP contribution in [0.2, 0.25) is 0 Å². The van der Waals surface area contributed by atoms with Gasteiger partial charge in [0, 0.05) is 18.6 Å². The van der Waals surface area contributed by atoms with Gasteiger partial charge in [-0.1, -0.05) is 12.1 Å². The number of carbonyl (C=O) groups is 1. The minimum atomic E-state index is -4.48. The highest BCUT2D eigenvalue weighted by Gasteiger charge is 2.36. The quantitative estimate of drug-likeness (QED) is 0.565. The molecule has 1 fully saturated rings. The van der Waals surface area contributed by atoms with Crippen LogP contribution in [0.3, 0.4) is 0 Å². The van der Waals surface area contributed by atoms with Gasteiger partial charge >= 0.3 is 6.18 Å². The van der Waals surface area contributed by atoms with Crippen LogP contribution in [0, 0.1) is 5.82 Å². The Bertz CT molecular complexity index is 796. The lowest BCUT2D eigenvalue weighted by Crippen LogP contribution is -2.13. The summed E-state index contributed by atoms with van der Waals surface area (Å²) in [5.74, 6) is -0.883. The molecule has 1 atom stereocenters. The monoisotopic (exact) mass is 368 g/mol. The van der Waals surface area contributed by atoms with Gasteiger partial charge in [-0.15, -0.1) is 0 Å². The number of ether oxygens (including phenoxy) is 2. The second-order valence-electron chi connectivity index (χ2n) is 6.07. The Morgan fingerprint density at radius 2 is 2.00 bits per heavy atom. The van der Waals surface area contributed by atoms with E-state index in [-0.39, 0.29) is 36.0 Å². The van der Waals surface area contributed by atoms with Crippen LogP contribution >= 0.6 is 0 Å². The number of carbonyl (C=O) groups excluding carboxylic acids is 1. The molecule has 26 heavy (non-hydrogen) atoms. The van der Waals surface area contributed by atoms with Crippen molar-refractivity contribution in [2.75, 3.05) is 13.2 Å². The average Bonchev–Trinajstić information content (AvgIpc) is 3.13. The fraction of sp³-hybridized carbons (Fsp3) is 0.316. The van der Waals surface area contributed by atoms with Crippen LogP contribution in [0.1, 0.15) is 39.4 Å². The van der Waals surface area contributed by atoms with Gasteiger partial charge < -0.3 is 9.47 Å². The third-order valence-electron chi connectivity index (χ3n) is 4.30. The third kappa shape index (κ3) is 4.04. The van der Waals surface area contributed by atoms with Crippen LogP contribution in [-0.4, -0.2) is 19.5 Å². The molecule has 0 bridgehead atoms. The van der Waals surface area contributed by atoms with Gasteiger partial charge in [-0.3, -0.25) is 4.79 Å². The first-order chi connectivity index (χ1) is 12.4. The standard InChI is InChI=1S/C19H16F4O3/c20-18-8-15(3-2-13(18)9-24)26-10-12-1-4-16(14-5-6-25-11-14)17(7-12)19(21,22)23/h1-4,7-9,14H,5-6,10-11H2. The number of alkyl halides is 3. The summed E-state index contributed by atoms with van der Waals surface area (Å²) in [5, 5.41) is 0. The molecular weight excluding hydrogens is 352 g/mol. The maximum atomic E-state index is 13.6. The van der Waals surface area contributed by atoms with E-state index < -0.39 is 17.6 Å². The van der Waals surface area contributed by atoms with E-state index in [1.165, 1.54) is 18.2 Å². The zero-order valence-electron chi connectivity index (χ0n) is 13.7. The predicted octanol–water partition coefficient (Wildman–Crippen LogP) is 4.74. The number of benzene rings is 2. The van der Waals surface area contributed by atoms with Crippen LogP contribution in [-0.2, 0) is 17.5 Å². The summed E-state index contributed by atoms with van der Waals surface area (Å²) < 4.78 is 64.4. The number of hydrogen-bond acceptors (Lipinski definition) is 3. The maximum absolute atomic E-state index is 13.6. The van der Waals surface area contributed by atoms with Gasteiger partial charge in [-0.2, -0.15) is 13.2 Å². The van der Waals surface area contributed by atoms with Crippen LogP contribution < -0.4 is 4.74 Å². The van der Waals surface area contributed by atoms with Crippen LogP contribution in [0.4, 0.5) is 17.6 Å². The SMILES string of the molecule is O=Cc1ccc(OCc2ccc(C3CCOC3)c(C(F)(F)F)c2)cc1F. The van der Waals surface area contributed by atoms with Crippen molar-refractivity contribution >= 4 is 6.29 Å². The van der Waals surface area contributed by atoms with E-state index in [1.807, 2.05) is 0 Å². The Labute approximate surface area is 147 Å². The van der Waals surface area contributed by atoms with Crippen molar-refractivity contribution in [3.05, 3.63) is 64.5 Å². The van der Waals surface area contributed by atoms with Crippen molar-refractivity contribution < 1.29 is 31.8 Å². The lowest BCUT2D eigenvalue weighted by atomic mass is 9.92. The third-order valence-corrected chi connectivity index (χ3v) is 4.30. The molecule has 1 saturated heterocycles.